The van der Waals surface area contributed by atoms with Gasteiger partial charge >= 0.3 is 12.0 Å². The van der Waals surface area contributed by atoms with Gasteiger partial charge in [-0.2, -0.15) is 11.8 Å². The van der Waals surface area contributed by atoms with E-state index in [1.807, 2.05) is 30.3 Å². The molecule has 3 rings (SSSR count). The smallest absolute Gasteiger partial charge is 0.324 e. The fourth-order valence-corrected chi connectivity index (χ4v) is 5.11. The molecular formula is C19H23FN2O4S. The maximum Gasteiger partial charge on any atom is 0.324 e. The minimum Gasteiger partial charge on any atom is -0.461 e. The maximum absolute atomic E-state index is 12.6. The number of unbranched alkanes of at least 4 members (excludes halogenated alkanes) is 1. The van der Waals surface area contributed by atoms with Crippen LogP contribution in [-0.2, 0) is 20.9 Å². The van der Waals surface area contributed by atoms with Gasteiger partial charge in [-0.1, -0.05) is 36.8 Å². The van der Waals surface area contributed by atoms with Crippen molar-refractivity contribution in [2.24, 2.45) is 0 Å². The number of amides is 3. The average Bonchev–Trinajstić information content (AvgIpc) is 3.21. The highest BCUT2D eigenvalue weighted by atomic mass is 32.2. The van der Waals surface area contributed by atoms with Crippen molar-refractivity contribution in [1.82, 2.24) is 10.2 Å². The Bertz CT molecular complexity index is 688. The highest BCUT2D eigenvalue weighted by Gasteiger charge is 2.50. The van der Waals surface area contributed by atoms with Crippen LogP contribution in [0, 0.1) is 0 Å². The molecule has 0 bridgehead atoms. The topological polar surface area (TPSA) is 75.7 Å². The predicted molar refractivity (Wildman–Crippen MR) is 99.9 cm³/mol. The van der Waals surface area contributed by atoms with E-state index in [-0.39, 0.29) is 29.9 Å². The Kier molecular flexibility index (Phi) is 6.71. The van der Waals surface area contributed by atoms with Crippen molar-refractivity contribution >= 4 is 29.7 Å². The van der Waals surface area contributed by atoms with Crippen molar-refractivity contribution in [1.29, 1.82) is 0 Å². The third-order valence-corrected chi connectivity index (χ3v) is 6.37. The van der Waals surface area contributed by atoms with Gasteiger partial charge in [0.05, 0.1) is 12.1 Å². The van der Waals surface area contributed by atoms with Gasteiger partial charge in [0.25, 0.3) is 5.91 Å². The monoisotopic (exact) mass is 394 g/mol. The molecule has 27 heavy (non-hydrogen) atoms. The minimum atomic E-state index is -1.16. The standard InChI is InChI=1S/C19H23FN2O4S/c20-10-16(23)22-14-12-27-15(18(14)21-19(22)25)8-4-5-9-17(24)26-11-13-6-2-1-3-7-13/h1-3,6-7,14-15,18H,4-5,8-12H2,(H,21,25). The number of esters is 1. The van der Waals surface area contributed by atoms with Gasteiger partial charge in [0.1, 0.15) is 6.61 Å². The number of nitrogens with zero attached hydrogens (tertiary/aromatic N) is 1. The number of rotatable bonds is 8. The first-order valence-electron chi connectivity index (χ1n) is 9.10. The molecule has 1 aromatic rings. The SMILES string of the molecule is O=C(CCCCC1SCC2C1NC(=O)N2C(=O)CF)OCc1ccccc1. The first kappa shape index (κ1) is 19.7. The van der Waals surface area contributed by atoms with Gasteiger partial charge in [-0.3, -0.25) is 14.5 Å². The van der Waals surface area contributed by atoms with E-state index >= 15 is 0 Å². The Labute approximate surface area is 161 Å². The summed E-state index contributed by atoms with van der Waals surface area (Å²) >= 11 is 1.69. The largest absolute Gasteiger partial charge is 0.461 e. The number of halogens is 1. The van der Waals surface area contributed by atoms with E-state index in [1.54, 1.807) is 11.8 Å². The van der Waals surface area contributed by atoms with Crippen molar-refractivity contribution in [3.63, 3.8) is 0 Å². The average molecular weight is 394 g/mol. The molecule has 3 atom stereocenters. The fourth-order valence-electron chi connectivity index (χ4n) is 3.51. The summed E-state index contributed by atoms with van der Waals surface area (Å²) in [4.78, 5) is 36.4. The molecule has 0 saturated carbocycles. The van der Waals surface area contributed by atoms with Crippen LogP contribution < -0.4 is 5.32 Å². The Morgan fingerprint density at radius 2 is 2.04 bits per heavy atom. The van der Waals surface area contributed by atoms with E-state index in [4.69, 9.17) is 4.74 Å². The number of carbonyl (C=O) groups is 3. The number of thioether (sulfide) groups is 1. The second-order valence-electron chi connectivity index (χ2n) is 6.70. The van der Waals surface area contributed by atoms with Crippen molar-refractivity contribution < 1.29 is 23.5 Å². The molecule has 1 N–H and O–H groups in total. The van der Waals surface area contributed by atoms with E-state index in [9.17, 15) is 18.8 Å². The molecule has 2 saturated heterocycles. The molecule has 3 amide bonds. The van der Waals surface area contributed by atoms with Crippen LogP contribution in [0.2, 0.25) is 0 Å². The summed E-state index contributed by atoms with van der Waals surface area (Å²) in [6.07, 6.45) is 2.73. The number of hydrogen-bond donors (Lipinski definition) is 1. The summed E-state index contributed by atoms with van der Waals surface area (Å²) in [5, 5.41) is 2.98. The highest BCUT2D eigenvalue weighted by molar-refractivity contribution is 8.00. The molecule has 146 valence electrons. The molecule has 0 aliphatic carbocycles. The van der Waals surface area contributed by atoms with Crippen LogP contribution in [0.4, 0.5) is 9.18 Å². The quantitative estimate of drug-likeness (QED) is 0.417. The molecule has 0 aromatic heterocycles. The molecular weight excluding hydrogens is 371 g/mol. The third kappa shape index (κ3) is 4.80. The number of imide groups is 1. The molecule has 1 aromatic carbocycles. The van der Waals surface area contributed by atoms with E-state index in [1.165, 1.54) is 0 Å². The van der Waals surface area contributed by atoms with E-state index in [0.717, 1.165) is 23.3 Å². The van der Waals surface area contributed by atoms with Gasteiger partial charge in [-0.25, -0.2) is 9.18 Å². The van der Waals surface area contributed by atoms with Crippen molar-refractivity contribution in [3.05, 3.63) is 35.9 Å². The number of fused-ring (bicyclic) bond motifs is 1. The van der Waals surface area contributed by atoms with Crippen molar-refractivity contribution in [2.75, 3.05) is 12.4 Å². The number of ether oxygens (including phenoxy) is 1. The third-order valence-electron chi connectivity index (χ3n) is 4.88. The Hall–Kier alpha value is -2.09. The number of benzene rings is 1. The molecule has 2 heterocycles. The Morgan fingerprint density at radius 1 is 1.26 bits per heavy atom. The number of hydrogen-bond acceptors (Lipinski definition) is 5. The number of nitrogens with one attached hydrogen (secondary N) is 1. The van der Waals surface area contributed by atoms with Gasteiger partial charge < -0.3 is 10.1 Å². The molecule has 0 spiro atoms. The summed E-state index contributed by atoms with van der Waals surface area (Å²) in [7, 11) is 0. The van der Waals surface area contributed by atoms with Crippen LogP contribution in [0.3, 0.4) is 0 Å². The zero-order valence-corrected chi connectivity index (χ0v) is 15.8. The van der Waals surface area contributed by atoms with Crippen LogP contribution >= 0.6 is 11.8 Å². The van der Waals surface area contributed by atoms with E-state index in [2.05, 4.69) is 5.32 Å². The van der Waals surface area contributed by atoms with E-state index < -0.39 is 18.6 Å². The van der Waals surface area contributed by atoms with Crippen molar-refractivity contribution in [3.8, 4) is 0 Å². The fraction of sp³-hybridized carbons (Fsp3) is 0.526. The van der Waals surface area contributed by atoms with Gasteiger partial charge in [0.2, 0.25) is 0 Å². The number of urea groups is 1. The molecule has 6 nitrogen and oxygen atoms in total. The lowest BCUT2D eigenvalue weighted by atomic mass is 10.0. The molecule has 0 radical (unpaired) electrons. The summed E-state index contributed by atoms with van der Waals surface area (Å²) in [6.45, 7) is -0.872. The zero-order chi connectivity index (χ0) is 19.2. The van der Waals surface area contributed by atoms with Crippen LogP contribution in [0.1, 0.15) is 31.2 Å². The predicted octanol–water partition coefficient (Wildman–Crippen LogP) is 2.66. The molecule has 2 aliphatic rings. The summed E-state index contributed by atoms with van der Waals surface area (Å²) < 4.78 is 17.9. The second-order valence-corrected chi connectivity index (χ2v) is 7.98. The van der Waals surface area contributed by atoms with Gasteiger partial charge in [-0.15, -0.1) is 0 Å². The second kappa shape index (κ2) is 9.21. The maximum atomic E-state index is 12.6. The molecule has 2 aliphatic heterocycles. The first-order chi connectivity index (χ1) is 13.1. The minimum absolute atomic E-state index is 0.136. The summed E-state index contributed by atoms with van der Waals surface area (Å²) in [5.41, 5.74) is 0.962. The highest BCUT2D eigenvalue weighted by Crippen LogP contribution is 2.37. The summed E-state index contributed by atoms with van der Waals surface area (Å²) in [6, 6.07) is 8.63. The van der Waals surface area contributed by atoms with E-state index in [0.29, 0.717) is 18.6 Å². The lowest BCUT2D eigenvalue weighted by Crippen LogP contribution is -2.42. The molecule has 8 heteroatoms. The first-order valence-corrected chi connectivity index (χ1v) is 10.1. The molecule has 3 unspecified atom stereocenters. The zero-order valence-electron chi connectivity index (χ0n) is 14.9. The van der Waals surface area contributed by atoms with Crippen LogP contribution in [0.25, 0.3) is 0 Å². The lowest BCUT2D eigenvalue weighted by molar-refractivity contribution is -0.145. The number of carbonyl (C=O) groups excluding carboxylic acids is 3. The van der Waals surface area contributed by atoms with Gasteiger partial charge in [0.15, 0.2) is 6.67 Å². The van der Waals surface area contributed by atoms with Gasteiger partial charge in [0, 0.05) is 17.4 Å². The normalized spacial score (nSPS) is 23.8. The Morgan fingerprint density at radius 3 is 2.78 bits per heavy atom. The lowest BCUT2D eigenvalue weighted by Gasteiger charge is -2.18. The molecule has 2 fully saturated rings. The van der Waals surface area contributed by atoms with Crippen molar-refractivity contribution in [2.45, 2.75) is 49.6 Å². The number of alkyl halides is 1. The van der Waals surface area contributed by atoms with Crippen LogP contribution in [-0.4, -0.2) is 52.6 Å². The Balaban J connectivity index is 1.36. The van der Waals surface area contributed by atoms with Gasteiger partial charge in [-0.05, 0) is 18.4 Å². The summed E-state index contributed by atoms with van der Waals surface area (Å²) in [5.74, 6) is -0.369. The van der Waals surface area contributed by atoms with Crippen LogP contribution in [0.15, 0.2) is 30.3 Å². The van der Waals surface area contributed by atoms with Crippen LogP contribution in [0.5, 0.6) is 0 Å².